The van der Waals surface area contributed by atoms with Gasteiger partial charge in [0.15, 0.2) is 0 Å². The molecule has 7 heteroatoms. The van der Waals surface area contributed by atoms with Crippen LogP contribution in [0.5, 0.6) is 0 Å². The fourth-order valence-electron chi connectivity index (χ4n) is 4.12. The predicted molar refractivity (Wildman–Crippen MR) is 104 cm³/mol. The number of benzene rings is 1. The van der Waals surface area contributed by atoms with Crippen molar-refractivity contribution < 1.29 is 17.9 Å². The SMILES string of the molecule is CCC1CCCCN1C(=O)c1cccc(S(=O)(=O)N2CC(C)OC(C)C2)c1. The summed E-state index contributed by atoms with van der Waals surface area (Å²) < 4.78 is 33.3. The monoisotopic (exact) mass is 394 g/mol. The fourth-order valence-corrected chi connectivity index (χ4v) is 5.76. The summed E-state index contributed by atoms with van der Waals surface area (Å²) in [4.78, 5) is 15.1. The highest BCUT2D eigenvalue weighted by atomic mass is 32.2. The summed E-state index contributed by atoms with van der Waals surface area (Å²) in [5, 5.41) is 0. The molecular weight excluding hydrogens is 364 g/mol. The third-order valence-corrected chi connectivity index (χ3v) is 7.29. The molecule has 1 aromatic carbocycles. The average molecular weight is 395 g/mol. The molecule has 0 saturated carbocycles. The Morgan fingerprint density at radius 3 is 2.56 bits per heavy atom. The van der Waals surface area contributed by atoms with Gasteiger partial charge in [-0.05, 0) is 57.7 Å². The van der Waals surface area contributed by atoms with Crippen molar-refractivity contribution in [1.29, 1.82) is 0 Å². The lowest BCUT2D eigenvalue weighted by Crippen LogP contribution is -2.48. The number of sulfonamides is 1. The number of morpholine rings is 1. The average Bonchev–Trinajstić information content (AvgIpc) is 2.66. The Morgan fingerprint density at radius 1 is 1.19 bits per heavy atom. The molecule has 3 unspecified atom stereocenters. The fraction of sp³-hybridized carbons (Fsp3) is 0.650. The molecule has 2 fully saturated rings. The van der Waals surface area contributed by atoms with Crippen LogP contribution in [0, 0.1) is 0 Å². The van der Waals surface area contributed by atoms with Crippen molar-refractivity contribution >= 4 is 15.9 Å². The van der Waals surface area contributed by atoms with Gasteiger partial charge in [0, 0.05) is 31.2 Å². The van der Waals surface area contributed by atoms with E-state index in [4.69, 9.17) is 4.74 Å². The summed E-state index contributed by atoms with van der Waals surface area (Å²) in [5.74, 6) is -0.0673. The smallest absolute Gasteiger partial charge is 0.254 e. The van der Waals surface area contributed by atoms with E-state index in [0.29, 0.717) is 18.7 Å². The number of carbonyl (C=O) groups is 1. The van der Waals surface area contributed by atoms with E-state index in [1.807, 2.05) is 18.7 Å². The van der Waals surface area contributed by atoms with Crippen LogP contribution in [0.3, 0.4) is 0 Å². The molecule has 0 bridgehead atoms. The molecule has 0 aliphatic carbocycles. The third-order valence-electron chi connectivity index (χ3n) is 5.46. The first-order chi connectivity index (χ1) is 12.8. The zero-order valence-electron chi connectivity index (χ0n) is 16.4. The van der Waals surface area contributed by atoms with Crippen molar-refractivity contribution in [1.82, 2.24) is 9.21 Å². The van der Waals surface area contributed by atoms with Crippen LogP contribution in [-0.4, -0.2) is 61.4 Å². The number of hydrogen-bond acceptors (Lipinski definition) is 4. The highest BCUT2D eigenvalue weighted by Crippen LogP contribution is 2.25. The van der Waals surface area contributed by atoms with Gasteiger partial charge in [0.1, 0.15) is 0 Å². The van der Waals surface area contributed by atoms with E-state index in [1.54, 1.807) is 18.2 Å². The van der Waals surface area contributed by atoms with E-state index in [9.17, 15) is 13.2 Å². The largest absolute Gasteiger partial charge is 0.373 e. The Labute approximate surface area is 162 Å². The molecule has 2 heterocycles. The normalized spacial score (nSPS) is 27.5. The Balaban J connectivity index is 1.85. The summed E-state index contributed by atoms with van der Waals surface area (Å²) in [6.45, 7) is 7.24. The standard InChI is InChI=1S/C20H30N2O4S/c1-4-18-9-5-6-11-22(18)20(23)17-8-7-10-19(12-17)27(24,25)21-13-15(2)26-16(3)14-21/h7-8,10,12,15-16,18H,4-6,9,11,13-14H2,1-3H3. The molecule has 6 nitrogen and oxygen atoms in total. The molecule has 1 aromatic rings. The molecular formula is C20H30N2O4S. The number of ether oxygens (including phenoxy) is 1. The van der Waals surface area contributed by atoms with Crippen LogP contribution in [-0.2, 0) is 14.8 Å². The number of rotatable bonds is 4. The predicted octanol–water partition coefficient (Wildman–Crippen LogP) is 2.89. The number of amides is 1. The van der Waals surface area contributed by atoms with E-state index < -0.39 is 10.0 Å². The van der Waals surface area contributed by atoms with Gasteiger partial charge in [0.05, 0.1) is 17.1 Å². The zero-order chi connectivity index (χ0) is 19.6. The number of carbonyl (C=O) groups excluding carboxylic acids is 1. The van der Waals surface area contributed by atoms with Crippen LogP contribution in [0.4, 0.5) is 0 Å². The first kappa shape index (κ1) is 20.3. The maximum Gasteiger partial charge on any atom is 0.254 e. The van der Waals surface area contributed by atoms with Gasteiger partial charge in [0.25, 0.3) is 5.91 Å². The summed E-state index contributed by atoms with van der Waals surface area (Å²) >= 11 is 0. The van der Waals surface area contributed by atoms with Gasteiger partial charge in [-0.25, -0.2) is 8.42 Å². The molecule has 150 valence electrons. The maximum absolute atomic E-state index is 13.1. The van der Waals surface area contributed by atoms with Crippen molar-refractivity contribution in [2.24, 2.45) is 0 Å². The minimum atomic E-state index is -3.65. The van der Waals surface area contributed by atoms with E-state index in [1.165, 1.54) is 10.4 Å². The van der Waals surface area contributed by atoms with Crippen LogP contribution in [0.15, 0.2) is 29.2 Å². The second-order valence-corrected chi connectivity index (χ2v) is 9.60. The molecule has 0 aromatic heterocycles. The Hall–Kier alpha value is -1.44. The Bertz CT molecular complexity index is 770. The highest BCUT2D eigenvalue weighted by molar-refractivity contribution is 7.89. The van der Waals surface area contributed by atoms with Crippen LogP contribution >= 0.6 is 0 Å². The lowest BCUT2D eigenvalue weighted by Gasteiger charge is -2.36. The van der Waals surface area contributed by atoms with E-state index in [-0.39, 0.29) is 29.1 Å². The minimum absolute atomic E-state index is 0.0673. The van der Waals surface area contributed by atoms with Crippen LogP contribution < -0.4 is 0 Å². The Kier molecular flexibility index (Phi) is 6.23. The van der Waals surface area contributed by atoms with Gasteiger partial charge in [0.2, 0.25) is 10.0 Å². The van der Waals surface area contributed by atoms with Crippen molar-refractivity contribution in [3.8, 4) is 0 Å². The van der Waals surface area contributed by atoms with E-state index >= 15 is 0 Å². The molecule has 3 rings (SSSR count). The number of hydrogen-bond donors (Lipinski definition) is 0. The second kappa shape index (κ2) is 8.29. The summed E-state index contributed by atoms with van der Waals surface area (Å²) in [6, 6.07) is 6.73. The first-order valence-corrected chi connectivity index (χ1v) is 11.3. The van der Waals surface area contributed by atoms with Crippen LogP contribution in [0.1, 0.15) is 56.8 Å². The molecule has 27 heavy (non-hydrogen) atoms. The topological polar surface area (TPSA) is 66.9 Å². The summed E-state index contributed by atoms with van der Waals surface area (Å²) in [7, 11) is -3.65. The van der Waals surface area contributed by atoms with Crippen LogP contribution in [0.2, 0.25) is 0 Å². The molecule has 3 atom stereocenters. The lowest BCUT2D eigenvalue weighted by molar-refractivity contribution is -0.0440. The quantitative estimate of drug-likeness (QED) is 0.788. The van der Waals surface area contributed by atoms with Gasteiger partial charge < -0.3 is 9.64 Å². The zero-order valence-corrected chi connectivity index (χ0v) is 17.2. The van der Waals surface area contributed by atoms with Crippen LogP contribution in [0.25, 0.3) is 0 Å². The second-order valence-electron chi connectivity index (χ2n) is 7.66. The Morgan fingerprint density at radius 2 is 1.89 bits per heavy atom. The number of nitrogens with zero attached hydrogens (tertiary/aromatic N) is 2. The molecule has 2 saturated heterocycles. The van der Waals surface area contributed by atoms with Gasteiger partial charge in [-0.15, -0.1) is 0 Å². The van der Waals surface area contributed by atoms with Crippen molar-refractivity contribution in [2.75, 3.05) is 19.6 Å². The molecule has 0 N–H and O–H groups in total. The van der Waals surface area contributed by atoms with Crippen molar-refractivity contribution in [2.45, 2.75) is 69.6 Å². The number of piperidine rings is 1. The number of likely N-dealkylation sites (tertiary alicyclic amines) is 1. The van der Waals surface area contributed by atoms with Gasteiger partial charge >= 0.3 is 0 Å². The molecule has 2 aliphatic rings. The van der Waals surface area contributed by atoms with Crippen molar-refractivity contribution in [3.05, 3.63) is 29.8 Å². The van der Waals surface area contributed by atoms with Gasteiger partial charge in [-0.2, -0.15) is 4.31 Å². The molecule has 0 radical (unpaired) electrons. The molecule has 1 amide bonds. The van der Waals surface area contributed by atoms with Gasteiger partial charge in [-0.1, -0.05) is 13.0 Å². The third kappa shape index (κ3) is 4.36. The van der Waals surface area contributed by atoms with Crippen molar-refractivity contribution in [3.63, 3.8) is 0 Å². The first-order valence-electron chi connectivity index (χ1n) is 9.89. The summed E-state index contributed by atoms with van der Waals surface area (Å²) in [5.41, 5.74) is 0.450. The summed E-state index contributed by atoms with van der Waals surface area (Å²) in [6.07, 6.45) is 3.80. The molecule has 2 aliphatic heterocycles. The minimum Gasteiger partial charge on any atom is -0.373 e. The highest BCUT2D eigenvalue weighted by Gasteiger charge is 2.33. The van der Waals surface area contributed by atoms with Gasteiger partial charge in [-0.3, -0.25) is 4.79 Å². The molecule has 0 spiro atoms. The lowest BCUT2D eigenvalue weighted by atomic mass is 9.99. The maximum atomic E-state index is 13.1. The van der Waals surface area contributed by atoms with E-state index in [2.05, 4.69) is 6.92 Å². The van der Waals surface area contributed by atoms with E-state index in [0.717, 1.165) is 32.2 Å².